The third-order valence-corrected chi connectivity index (χ3v) is 3.29. The van der Waals surface area contributed by atoms with E-state index in [-0.39, 0.29) is 11.2 Å². The average molecular weight is 339 g/mol. The van der Waals surface area contributed by atoms with Gasteiger partial charge < -0.3 is 10.6 Å². The molecule has 100 valence electrons. The van der Waals surface area contributed by atoms with Gasteiger partial charge in [-0.1, -0.05) is 34.8 Å². The maximum Gasteiger partial charge on any atom is 0.233 e. The van der Waals surface area contributed by atoms with E-state index in [0.29, 0.717) is 26.7 Å². The molecule has 0 bridgehead atoms. The number of nitrogens with one attached hydrogen (secondary N) is 2. The Morgan fingerprint density at radius 2 is 1.47 bits per heavy atom. The first-order valence-corrected chi connectivity index (χ1v) is 6.51. The highest BCUT2D eigenvalue weighted by molar-refractivity contribution is 6.44. The van der Waals surface area contributed by atoms with Crippen LogP contribution in [0.4, 0.5) is 17.6 Å². The molecule has 9 heteroatoms. The van der Waals surface area contributed by atoms with Gasteiger partial charge in [0, 0.05) is 7.05 Å². The smallest absolute Gasteiger partial charge is 0.233 e. The van der Waals surface area contributed by atoms with E-state index < -0.39 is 0 Å². The lowest BCUT2D eigenvalue weighted by Crippen LogP contribution is -2.04. The van der Waals surface area contributed by atoms with Crippen LogP contribution in [0.1, 0.15) is 0 Å². The fourth-order valence-electron chi connectivity index (χ4n) is 1.26. The topological polar surface area (TPSA) is 62.7 Å². The van der Waals surface area contributed by atoms with Gasteiger partial charge in [-0.05, 0) is 23.7 Å². The number of anilines is 3. The van der Waals surface area contributed by atoms with Crippen LogP contribution in [0.3, 0.4) is 0 Å². The number of hydrogen-bond acceptors (Lipinski definition) is 5. The van der Waals surface area contributed by atoms with Crippen molar-refractivity contribution in [1.29, 1.82) is 0 Å². The highest BCUT2D eigenvalue weighted by Crippen LogP contribution is 2.33. The van der Waals surface area contributed by atoms with Crippen molar-refractivity contribution < 1.29 is 0 Å². The van der Waals surface area contributed by atoms with Crippen LogP contribution in [0, 0.1) is 0 Å². The Hall–Kier alpha value is -1.01. The van der Waals surface area contributed by atoms with Gasteiger partial charge >= 0.3 is 0 Å². The molecule has 1 aromatic heterocycles. The molecule has 1 heterocycles. The monoisotopic (exact) mass is 337 g/mol. The van der Waals surface area contributed by atoms with Gasteiger partial charge in [0.2, 0.25) is 17.2 Å². The molecule has 1 aromatic carbocycles. The van der Waals surface area contributed by atoms with Crippen LogP contribution in [0.2, 0.25) is 20.4 Å². The molecular formula is C10H7Cl4N5. The van der Waals surface area contributed by atoms with Crippen LogP contribution in [0.25, 0.3) is 0 Å². The summed E-state index contributed by atoms with van der Waals surface area (Å²) in [6.45, 7) is 0. The minimum absolute atomic E-state index is 0.0537. The number of aromatic nitrogens is 3. The quantitative estimate of drug-likeness (QED) is 0.818. The van der Waals surface area contributed by atoms with Crippen LogP contribution in [-0.4, -0.2) is 22.0 Å². The highest BCUT2D eigenvalue weighted by atomic mass is 35.5. The van der Waals surface area contributed by atoms with Gasteiger partial charge in [0.1, 0.15) is 0 Å². The van der Waals surface area contributed by atoms with Crippen molar-refractivity contribution in [1.82, 2.24) is 15.0 Å². The molecule has 5 nitrogen and oxygen atoms in total. The van der Waals surface area contributed by atoms with Crippen LogP contribution in [0.5, 0.6) is 0 Å². The Morgan fingerprint density at radius 3 is 2.16 bits per heavy atom. The summed E-state index contributed by atoms with van der Waals surface area (Å²) in [5.41, 5.74) is 0.514. The lowest BCUT2D eigenvalue weighted by molar-refractivity contribution is 1.05. The van der Waals surface area contributed by atoms with Gasteiger partial charge in [-0.2, -0.15) is 15.0 Å². The first-order chi connectivity index (χ1) is 8.99. The molecule has 0 radical (unpaired) electrons. The van der Waals surface area contributed by atoms with E-state index >= 15 is 0 Å². The predicted molar refractivity (Wildman–Crippen MR) is 79.1 cm³/mol. The van der Waals surface area contributed by atoms with E-state index in [0.717, 1.165) is 0 Å². The molecule has 0 saturated carbocycles. The Kier molecular flexibility index (Phi) is 4.52. The normalized spacial score (nSPS) is 10.4. The second-order valence-corrected chi connectivity index (χ2v) is 4.93. The van der Waals surface area contributed by atoms with Gasteiger partial charge in [0.25, 0.3) is 0 Å². The molecular weight excluding hydrogens is 332 g/mol. The maximum absolute atomic E-state index is 6.04. The second kappa shape index (κ2) is 5.96. The molecule has 19 heavy (non-hydrogen) atoms. The molecule has 2 N–H and O–H groups in total. The third-order valence-electron chi connectivity index (χ3n) is 2.09. The molecule has 0 aliphatic heterocycles. The van der Waals surface area contributed by atoms with Crippen molar-refractivity contribution in [3.05, 3.63) is 32.5 Å². The summed E-state index contributed by atoms with van der Waals surface area (Å²) >= 11 is 23.6. The molecule has 0 aliphatic carbocycles. The summed E-state index contributed by atoms with van der Waals surface area (Å²) in [7, 11) is 1.67. The minimum atomic E-state index is 0.0537. The van der Waals surface area contributed by atoms with Crippen LogP contribution in [-0.2, 0) is 0 Å². The Labute approximate surface area is 129 Å². The zero-order valence-electron chi connectivity index (χ0n) is 9.51. The van der Waals surface area contributed by atoms with E-state index in [1.807, 2.05) is 0 Å². The van der Waals surface area contributed by atoms with Crippen molar-refractivity contribution in [2.24, 2.45) is 0 Å². The molecule has 0 unspecified atom stereocenters. The molecule has 2 aromatic rings. The number of hydrogen-bond donors (Lipinski definition) is 2. The van der Waals surface area contributed by atoms with Gasteiger partial charge in [0.05, 0.1) is 20.8 Å². The number of benzene rings is 1. The molecule has 2 rings (SSSR count). The summed E-state index contributed by atoms with van der Waals surface area (Å²) in [6, 6.07) is 3.10. The molecule has 0 saturated heterocycles. The molecule has 0 amide bonds. The number of nitrogens with zero attached hydrogens (tertiary/aromatic N) is 3. The van der Waals surface area contributed by atoms with Crippen molar-refractivity contribution >= 4 is 64.0 Å². The molecule has 0 fully saturated rings. The number of halogens is 4. The van der Waals surface area contributed by atoms with Crippen molar-refractivity contribution in [3.8, 4) is 0 Å². The van der Waals surface area contributed by atoms with E-state index in [9.17, 15) is 0 Å². The lowest BCUT2D eigenvalue weighted by Gasteiger charge is -2.09. The summed E-state index contributed by atoms with van der Waals surface area (Å²) in [5, 5.41) is 6.82. The van der Waals surface area contributed by atoms with Crippen molar-refractivity contribution in [2.75, 3.05) is 17.7 Å². The summed E-state index contributed by atoms with van der Waals surface area (Å²) < 4.78 is 0. The SMILES string of the molecule is CNc1nc(Cl)nc(Nc2cc(Cl)c(Cl)cc2Cl)n1. The Morgan fingerprint density at radius 1 is 0.842 bits per heavy atom. The van der Waals surface area contributed by atoms with Crippen LogP contribution >= 0.6 is 46.4 Å². The van der Waals surface area contributed by atoms with Gasteiger partial charge in [-0.25, -0.2) is 0 Å². The maximum atomic E-state index is 6.04. The highest BCUT2D eigenvalue weighted by Gasteiger charge is 2.09. The lowest BCUT2D eigenvalue weighted by atomic mass is 10.3. The third kappa shape index (κ3) is 3.51. The standard InChI is InChI=1S/C10H7Cl4N5/c1-15-9-17-8(14)18-10(19-9)16-7-3-5(12)4(11)2-6(7)13/h2-3H,1H3,(H2,15,16,17,18,19). The fourth-order valence-corrected chi connectivity index (χ4v) is 2.01. The number of rotatable bonds is 3. The molecule has 0 atom stereocenters. The van der Waals surface area contributed by atoms with E-state index in [1.165, 1.54) is 6.07 Å². The van der Waals surface area contributed by atoms with Gasteiger partial charge in [0.15, 0.2) is 0 Å². The largest absolute Gasteiger partial charge is 0.357 e. The van der Waals surface area contributed by atoms with Crippen molar-refractivity contribution in [2.45, 2.75) is 0 Å². The first-order valence-electron chi connectivity index (χ1n) is 5.00. The van der Waals surface area contributed by atoms with Crippen molar-refractivity contribution in [3.63, 3.8) is 0 Å². The predicted octanol–water partition coefficient (Wildman–Crippen LogP) is 4.27. The van der Waals surface area contributed by atoms with Gasteiger partial charge in [-0.3, -0.25) is 0 Å². The summed E-state index contributed by atoms with van der Waals surface area (Å²) in [5.74, 6) is 0.573. The van der Waals surface area contributed by atoms with E-state index in [4.69, 9.17) is 46.4 Å². The fraction of sp³-hybridized carbons (Fsp3) is 0.100. The minimum Gasteiger partial charge on any atom is -0.357 e. The summed E-state index contributed by atoms with van der Waals surface area (Å²) in [6.07, 6.45) is 0. The van der Waals surface area contributed by atoms with Gasteiger partial charge in [-0.15, -0.1) is 0 Å². The van der Waals surface area contributed by atoms with E-state index in [1.54, 1.807) is 13.1 Å². The average Bonchev–Trinajstić information content (AvgIpc) is 2.35. The van der Waals surface area contributed by atoms with Crippen LogP contribution in [0.15, 0.2) is 12.1 Å². The van der Waals surface area contributed by atoms with E-state index in [2.05, 4.69) is 25.6 Å². The zero-order valence-corrected chi connectivity index (χ0v) is 12.5. The zero-order chi connectivity index (χ0) is 14.0. The Balaban J connectivity index is 2.36. The molecule has 0 aliphatic rings. The summed E-state index contributed by atoms with van der Waals surface area (Å²) in [4.78, 5) is 11.9. The molecule has 0 spiro atoms. The first kappa shape index (κ1) is 14.4. The van der Waals surface area contributed by atoms with Crippen LogP contribution < -0.4 is 10.6 Å². The Bertz CT molecular complexity index is 619. The second-order valence-electron chi connectivity index (χ2n) is 3.37.